The van der Waals surface area contributed by atoms with Gasteiger partial charge in [0.2, 0.25) is 18.6 Å². The Hall–Kier alpha value is -3.02. The Bertz CT molecular complexity index is 892. The number of anilines is 2. The van der Waals surface area contributed by atoms with Gasteiger partial charge in [-0.25, -0.2) is 0 Å². The zero-order valence-corrected chi connectivity index (χ0v) is 16.7. The molecule has 0 radical (unpaired) electrons. The summed E-state index contributed by atoms with van der Waals surface area (Å²) in [4.78, 5) is 26.5. The molecule has 0 bridgehead atoms. The number of para-hydroxylation sites is 1. The van der Waals surface area contributed by atoms with Crippen molar-refractivity contribution in [3.8, 4) is 11.5 Å². The van der Waals surface area contributed by atoms with Crippen LogP contribution in [-0.2, 0) is 9.59 Å². The number of hydrogen-bond donors (Lipinski definition) is 1. The quantitative estimate of drug-likeness (QED) is 0.812. The molecule has 0 saturated carbocycles. The number of carbonyl (C=O) groups is 2. The van der Waals surface area contributed by atoms with Crippen LogP contribution in [0.2, 0.25) is 0 Å². The number of fused-ring (bicyclic) bond motifs is 1. The number of amides is 2. The van der Waals surface area contributed by atoms with Crippen molar-refractivity contribution < 1.29 is 19.1 Å². The maximum atomic E-state index is 12.5. The molecule has 0 aromatic heterocycles. The summed E-state index contributed by atoms with van der Waals surface area (Å²) >= 11 is 0. The molecule has 0 saturated heterocycles. The predicted molar refractivity (Wildman–Crippen MR) is 109 cm³/mol. The molecular weight excluding hydrogens is 356 g/mol. The molecule has 2 aromatic rings. The Morgan fingerprint density at radius 2 is 1.89 bits per heavy atom. The summed E-state index contributed by atoms with van der Waals surface area (Å²) in [7, 11) is 0. The van der Waals surface area contributed by atoms with Gasteiger partial charge in [0.25, 0.3) is 0 Å². The SMILES string of the molecule is CC(=O)N(CCC(=O)Nc1ccc2c(c1)OCO2)c1c(C)cccc1C(C)C. The van der Waals surface area contributed by atoms with Gasteiger partial charge < -0.3 is 19.7 Å². The van der Waals surface area contributed by atoms with Crippen LogP contribution in [0.1, 0.15) is 44.2 Å². The van der Waals surface area contributed by atoms with E-state index in [1.807, 2.05) is 25.1 Å². The Labute approximate surface area is 165 Å². The molecule has 28 heavy (non-hydrogen) atoms. The van der Waals surface area contributed by atoms with E-state index in [9.17, 15) is 9.59 Å². The van der Waals surface area contributed by atoms with E-state index in [2.05, 4.69) is 19.2 Å². The van der Waals surface area contributed by atoms with Gasteiger partial charge in [0.05, 0.1) is 0 Å². The van der Waals surface area contributed by atoms with Gasteiger partial charge in [0.1, 0.15) is 0 Å². The summed E-state index contributed by atoms with van der Waals surface area (Å²) in [6.07, 6.45) is 0.194. The number of ether oxygens (including phenoxy) is 2. The maximum absolute atomic E-state index is 12.5. The zero-order chi connectivity index (χ0) is 20.3. The number of aryl methyl sites for hydroxylation is 1. The minimum absolute atomic E-state index is 0.0768. The lowest BCUT2D eigenvalue weighted by Crippen LogP contribution is -2.33. The van der Waals surface area contributed by atoms with Crippen LogP contribution in [0.4, 0.5) is 11.4 Å². The molecular formula is C22H26N2O4. The van der Waals surface area contributed by atoms with Crippen LogP contribution in [-0.4, -0.2) is 25.2 Å². The highest BCUT2D eigenvalue weighted by atomic mass is 16.7. The van der Waals surface area contributed by atoms with Gasteiger partial charge in [-0.3, -0.25) is 9.59 Å². The average Bonchev–Trinajstić information content (AvgIpc) is 3.10. The molecule has 6 heteroatoms. The van der Waals surface area contributed by atoms with E-state index >= 15 is 0 Å². The van der Waals surface area contributed by atoms with Gasteiger partial charge in [-0.1, -0.05) is 32.0 Å². The monoisotopic (exact) mass is 382 g/mol. The van der Waals surface area contributed by atoms with Gasteiger partial charge in [0.15, 0.2) is 11.5 Å². The van der Waals surface area contributed by atoms with Crippen LogP contribution in [0.15, 0.2) is 36.4 Å². The largest absolute Gasteiger partial charge is 0.454 e. The summed E-state index contributed by atoms with van der Waals surface area (Å²) in [6, 6.07) is 11.3. The second-order valence-electron chi connectivity index (χ2n) is 7.20. The van der Waals surface area contributed by atoms with Gasteiger partial charge >= 0.3 is 0 Å². The highest BCUT2D eigenvalue weighted by Gasteiger charge is 2.20. The molecule has 3 rings (SSSR count). The van der Waals surface area contributed by atoms with Crippen molar-refractivity contribution in [2.75, 3.05) is 23.6 Å². The molecule has 2 amide bonds. The lowest BCUT2D eigenvalue weighted by Gasteiger charge is -2.27. The van der Waals surface area contributed by atoms with E-state index in [1.54, 1.807) is 23.1 Å². The summed E-state index contributed by atoms with van der Waals surface area (Å²) in [5.74, 6) is 1.32. The van der Waals surface area contributed by atoms with Gasteiger partial charge in [-0.2, -0.15) is 0 Å². The van der Waals surface area contributed by atoms with Crippen LogP contribution >= 0.6 is 0 Å². The minimum atomic E-state index is -0.162. The molecule has 0 unspecified atom stereocenters. The van der Waals surface area contributed by atoms with Crippen LogP contribution in [0.3, 0.4) is 0 Å². The van der Waals surface area contributed by atoms with Crippen LogP contribution in [0.25, 0.3) is 0 Å². The number of benzene rings is 2. The van der Waals surface area contributed by atoms with Crippen LogP contribution in [0, 0.1) is 6.92 Å². The van der Waals surface area contributed by atoms with Crippen molar-refractivity contribution in [3.63, 3.8) is 0 Å². The highest BCUT2D eigenvalue weighted by Crippen LogP contribution is 2.34. The smallest absolute Gasteiger partial charge is 0.231 e. The summed E-state index contributed by atoms with van der Waals surface area (Å²) < 4.78 is 10.6. The van der Waals surface area contributed by atoms with Crippen molar-refractivity contribution in [3.05, 3.63) is 47.5 Å². The standard InChI is InChI=1S/C22H26N2O4/c1-14(2)18-7-5-6-15(3)22(18)24(16(4)25)11-10-21(26)23-17-8-9-19-20(12-17)28-13-27-19/h5-9,12,14H,10-11,13H2,1-4H3,(H,23,26). The Kier molecular flexibility index (Phi) is 5.87. The van der Waals surface area contributed by atoms with E-state index in [0.29, 0.717) is 23.7 Å². The topological polar surface area (TPSA) is 67.9 Å². The number of rotatable bonds is 6. The van der Waals surface area contributed by atoms with Crippen molar-refractivity contribution in [1.82, 2.24) is 0 Å². The fraction of sp³-hybridized carbons (Fsp3) is 0.364. The zero-order valence-electron chi connectivity index (χ0n) is 16.7. The van der Waals surface area contributed by atoms with E-state index in [-0.39, 0.29) is 30.9 Å². The average molecular weight is 382 g/mol. The second-order valence-corrected chi connectivity index (χ2v) is 7.20. The Morgan fingerprint density at radius 1 is 1.14 bits per heavy atom. The Balaban J connectivity index is 1.71. The molecule has 0 aliphatic carbocycles. The van der Waals surface area contributed by atoms with Crippen molar-refractivity contribution >= 4 is 23.2 Å². The number of carbonyl (C=O) groups excluding carboxylic acids is 2. The third-order valence-corrected chi connectivity index (χ3v) is 4.76. The Morgan fingerprint density at radius 3 is 2.61 bits per heavy atom. The first kappa shape index (κ1) is 19.7. The maximum Gasteiger partial charge on any atom is 0.231 e. The molecule has 1 heterocycles. The first-order chi connectivity index (χ1) is 13.4. The third kappa shape index (κ3) is 4.27. The number of hydrogen-bond acceptors (Lipinski definition) is 4. The normalized spacial score (nSPS) is 12.2. The third-order valence-electron chi connectivity index (χ3n) is 4.76. The predicted octanol–water partition coefficient (Wildman–Crippen LogP) is 4.23. The lowest BCUT2D eigenvalue weighted by molar-refractivity contribution is -0.117. The first-order valence-corrected chi connectivity index (χ1v) is 9.44. The molecule has 1 aliphatic rings. The molecule has 0 atom stereocenters. The lowest BCUT2D eigenvalue weighted by atomic mass is 9.97. The summed E-state index contributed by atoms with van der Waals surface area (Å²) in [5.41, 5.74) is 3.67. The van der Waals surface area contributed by atoms with Crippen molar-refractivity contribution in [2.45, 2.75) is 40.0 Å². The fourth-order valence-electron chi connectivity index (χ4n) is 3.35. The van der Waals surface area contributed by atoms with Gasteiger partial charge in [0, 0.05) is 37.3 Å². The van der Waals surface area contributed by atoms with E-state index < -0.39 is 0 Å². The van der Waals surface area contributed by atoms with Crippen LogP contribution < -0.4 is 19.7 Å². The van der Waals surface area contributed by atoms with E-state index in [4.69, 9.17) is 9.47 Å². The first-order valence-electron chi connectivity index (χ1n) is 9.44. The number of nitrogens with one attached hydrogen (secondary N) is 1. The minimum Gasteiger partial charge on any atom is -0.454 e. The molecule has 1 aliphatic heterocycles. The molecule has 148 valence electrons. The van der Waals surface area contributed by atoms with E-state index in [1.165, 1.54) is 6.92 Å². The molecule has 2 aromatic carbocycles. The van der Waals surface area contributed by atoms with Gasteiger partial charge in [-0.05, 0) is 36.1 Å². The van der Waals surface area contributed by atoms with Gasteiger partial charge in [-0.15, -0.1) is 0 Å². The molecule has 0 spiro atoms. The molecule has 6 nitrogen and oxygen atoms in total. The number of nitrogens with zero attached hydrogens (tertiary/aromatic N) is 1. The van der Waals surface area contributed by atoms with E-state index in [0.717, 1.165) is 16.8 Å². The molecule has 1 N–H and O–H groups in total. The van der Waals surface area contributed by atoms with Crippen LogP contribution in [0.5, 0.6) is 11.5 Å². The highest BCUT2D eigenvalue weighted by molar-refractivity contribution is 5.96. The molecule has 0 fully saturated rings. The summed E-state index contributed by atoms with van der Waals surface area (Å²) in [6.45, 7) is 8.23. The fourth-order valence-corrected chi connectivity index (χ4v) is 3.35. The van der Waals surface area contributed by atoms with Crippen molar-refractivity contribution in [1.29, 1.82) is 0 Å². The second kappa shape index (κ2) is 8.33. The van der Waals surface area contributed by atoms with Crippen molar-refractivity contribution in [2.24, 2.45) is 0 Å². The summed E-state index contributed by atoms with van der Waals surface area (Å²) in [5, 5.41) is 2.86.